The average molecular weight is 429 g/mol. The quantitative estimate of drug-likeness (QED) is 0.534. The number of benzene rings is 1. The Labute approximate surface area is 176 Å². The minimum atomic E-state index is -4.66. The van der Waals surface area contributed by atoms with E-state index in [4.69, 9.17) is 0 Å². The number of aryl methyl sites for hydroxylation is 2. The van der Waals surface area contributed by atoms with Gasteiger partial charge in [0, 0.05) is 30.3 Å². The van der Waals surface area contributed by atoms with E-state index in [0.29, 0.717) is 36.5 Å². The second-order valence-corrected chi connectivity index (χ2v) is 7.56. The van der Waals surface area contributed by atoms with Gasteiger partial charge in [0.25, 0.3) is 0 Å². The summed E-state index contributed by atoms with van der Waals surface area (Å²) in [5.41, 5.74) is -0.111. The van der Waals surface area contributed by atoms with Crippen LogP contribution in [0.1, 0.15) is 47.1 Å². The first-order valence-electron chi connectivity index (χ1n) is 9.76. The maximum absolute atomic E-state index is 13.7. The zero-order valence-corrected chi connectivity index (χ0v) is 16.9. The van der Waals surface area contributed by atoms with E-state index < -0.39 is 17.3 Å². The third kappa shape index (κ3) is 3.74. The highest BCUT2D eigenvalue weighted by atomic mass is 19.4. The number of alkyl halides is 3. The fourth-order valence-corrected chi connectivity index (χ4v) is 4.05. The average Bonchev–Trinajstić information content (AvgIpc) is 3.37. The molecule has 0 saturated carbocycles. The number of pyridine rings is 1. The lowest BCUT2D eigenvalue weighted by molar-refractivity contribution is -0.137. The minimum Gasteiger partial charge on any atom is -0.345 e. The Morgan fingerprint density at radius 2 is 1.97 bits per heavy atom. The van der Waals surface area contributed by atoms with Crippen LogP contribution in [0.4, 0.5) is 23.4 Å². The molecule has 0 spiro atoms. The van der Waals surface area contributed by atoms with Crippen LogP contribution in [0.15, 0.2) is 36.7 Å². The normalized spacial score (nSPS) is 16.5. The number of halogens is 4. The molecule has 5 nitrogen and oxygen atoms in total. The lowest BCUT2D eigenvalue weighted by Gasteiger charge is -2.28. The maximum atomic E-state index is 13.7. The molecular weight excluding hydrogens is 410 g/mol. The molecule has 3 heterocycles. The van der Waals surface area contributed by atoms with Crippen molar-refractivity contribution in [1.82, 2.24) is 14.5 Å². The Morgan fingerprint density at radius 3 is 2.65 bits per heavy atom. The summed E-state index contributed by atoms with van der Waals surface area (Å²) in [5.74, 6) is 0.293. The molecule has 9 heteroatoms. The molecule has 1 aliphatic rings. The van der Waals surface area contributed by atoms with Crippen molar-refractivity contribution in [3.8, 4) is 11.8 Å². The number of imidazole rings is 1. The van der Waals surface area contributed by atoms with Crippen LogP contribution in [0.25, 0.3) is 5.69 Å². The molecule has 1 fully saturated rings. The lowest BCUT2D eigenvalue weighted by atomic mass is 10.1. The van der Waals surface area contributed by atoms with Crippen LogP contribution >= 0.6 is 0 Å². The lowest BCUT2D eigenvalue weighted by Crippen LogP contribution is -2.28. The first-order chi connectivity index (χ1) is 14.7. The van der Waals surface area contributed by atoms with Crippen LogP contribution in [0, 0.1) is 31.0 Å². The van der Waals surface area contributed by atoms with Crippen LogP contribution in [-0.2, 0) is 6.18 Å². The van der Waals surface area contributed by atoms with Gasteiger partial charge in [0.15, 0.2) is 0 Å². The van der Waals surface area contributed by atoms with Crippen molar-refractivity contribution in [1.29, 1.82) is 5.26 Å². The highest BCUT2D eigenvalue weighted by Gasteiger charge is 2.39. The first-order valence-corrected chi connectivity index (χ1v) is 9.76. The number of hydrogen-bond acceptors (Lipinski definition) is 4. The number of aromatic nitrogens is 3. The zero-order valence-electron chi connectivity index (χ0n) is 16.9. The van der Waals surface area contributed by atoms with Gasteiger partial charge in [-0.15, -0.1) is 0 Å². The third-order valence-electron chi connectivity index (χ3n) is 5.46. The molecule has 0 amide bonds. The van der Waals surface area contributed by atoms with Crippen molar-refractivity contribution in [2.75, 3.05) is 11.4 Å². The summed E-state index contributed by atoms with van der Waals surface area (Å²) in [7, 11) is 0. The predicted octanol–water partition coefficient (Wildman–Crippen LogP) is 5.26. The fourth-order valence-electron chi connectivity index (χ4n) is 4.05. The van der Waals surface area contributed by atoms with Gasteiger partial charge in [-0.25, -0.2) is 14.4 Å². The van der Waals surface area contributed by atoms with E-state index in [-0.39, 0.29) is 23.4 Å². The molecular formula is C22H19F4N5. The highest BCUT2D eigenvalue weighted by Crippen LogP contribution is 2.41. The molecule has 1 unspecified atom stereocenters. The van der Waals surface area contributed by atoms with Crippen molar-refractivity contribution >= 4 is 5.82 Å². The Kier molecular flexibility index (Phi) is 5.17. The summed E-state index contributed by atoms with van der Waals surface area (Å²) in [6.45, 7) is 3.58. The predicted molar refractivity (Wildman–Crippen MR) is 106 cm³/mol. The van der Waals surface area contributed by atoms with Crippen molar-refractivity contribution in [3.05, 3.63) is 70.7 Å². The van der Waals surface area contributed by atoms with E-state index in [1.54, 1.807) is 47.0 Å². The Hall–Kier alpha value is -3.41. The molecule has 3 aromatic rings. The molecule has 4 rings (SSSR count). The summed E-state index contributed by atoms with van der Waals surface area (Å²) >= 11 is 0. The van der Waals surface area contributed by atoms with Gasteiger partial charge in [-0.05, 0) is 56.5 Å². The van der Waals surface area contributed by atoms with Crippen LogP contribution in [-0.4, -0.2) is 21.1 Å². The van der Waals surface area contributed by atoms with Gasteiger partial charge in [-0.1, -0.05) is 0 Å². The molecule has 0 bridgehead atoms. The van der Waals surface area contributed by atoms with Crippen molar-refractivity contribution in [3.63, 3.8) is 0 Å². The van der Waals surface area contributed by atoms with Crippen molar-refractivity contribution < 1.29 is 17.6 Å². The number of nitriles is 1. The highest BCUT2D eigenvalue weighted by molar-refractivity contribution is 5.60. The zero-order chi connectivity index (χ0) is 22.3. The third-order valence-corrected chi connectivity index (χ3v) is 5.46. The Morgan fingerprint density at radius 1 is 1.19 bits per heavy atom. The van der Waals surface area contributed by atoms with Gasteiger partial charge in [-0.3, -0.25) is 0 Å². The minimum absolute atomic E-state index is 0.0159. The standard InChI is InChI=1S/C22H19F4N5/c1-13-10-15(5-6-18(13)23)30-9-7-28-21(30)19-4-3-8-31(19)20-16(12-27)17(22(24,25)26)11-14(2)29-20/h5-7,9-11,19H,3-4,8H2,1-2H3. The Balaban J connectivity index is 1.81. The largest absolute Gasteiger partial charge is 0.417 e. The molecule has 1 atom stereocenters. The van der Waals surface area contributed by atoms with E-state index >= 15 is 0 Å². The smallest absolute Gasteiger partial charge is 0.345 e. The van der Waals surface area contributed by atoms with Gasteiger partial charge in [0.05, 0.1) is 11.6 Å². The van der Waals surface area contributed by atoms with E-state index in [1.807, 2.05) is 0 Å². The number of hydrogen-bond donors (Lipinski definition) is 0. The monoisotopic (exact) mass is 429 g/mol. The second kappa shape index (κ2) is 7.69. The summed E-state index contributed by atoms with van der Waals surface area (Å²) in [6.07, 6.45) is 0.0166. The van der Waals surface area contributed by atoms with Crippen LogP contribution in [0.3, 0.4) is 0 Å². The number of anilines is 1. The van der Waals surface area contributed by atoms with Gasteiger partial charge in [0.2, 0.25) is 0 Å². The maximum Gasteiger partial charge on any atom is 0.417 e. The van der Waals surface area contributed by atoms with E-state index in [1.165, 1.54) is 13.0 Å². The van der Waals surface area contributed by atoms with Crippen LogP contribution < -0.4 is 4.90 Å². The molecule has 1 saturated heterocycles. The molecule has 1 aliphatic heterocycles. The summed E-state index contributed by atoms with van der Waals surface area (Å²) in [5, 5.41) is 9.55. The molecule has 0 N–H and O–H groups in total. The van der Waals surface area contributed by atoms with E-state index in [0.717, 1.165) is 6.07 Å². The molecule has 1 aromatic carbocycles. The van der Waals surface area contributed by atoms with E-state index in [2.05, 4.69) is 9.97 Å². The van der Waals surface area contributed by atoms with Crippen molar-refractivity contribution in [2.24, 2.45) is 0 Å². The molecule has 0 radical (unpaired) electrons. The number of rotatable bonds is 3. The molecule has 160 valence electrons. The molecule has 2 aromatic heterocycles. The van der Waals surface area contributed by atoms with Gasteiger partial charge in [0.1, 0.15) is 29.1 Å². The van der Waals surface area contributed by atoms with Crippen LogP contribution in [0.2, 0.25) is 0 Å². The second-order valence-electron chi connectivity index (χ2n) is 7.56. The van der Waals surface area contributed by atoms with Crippen molar-refractivity contribution in [2.45, 2.75) is 38.9 Å². The summed E-state index contributed by atoms with van der Waals surface area (Å²) in [4.78, 5) is 10.5. The fraction of sp³-hybridized carbons (Fsp3) is 0.318. The number of nitrogens with zero attached hydrogens (tertiary/aromatic N) is 5. The molecule has 0 aliphatic carbocycles. The van der Waals surface area contributed by atoms with Gasteiger partial charge >= 0.3 is 6.18 Å². The summed E-state index contributed by atoms with van der Waals surface area (Å²) < 4.78 is 56.2. The van der Waals surface area contributed by atoms with Crippen LogP contribution in [0.5, 0.6) is 0 Å². The van der Waals surface area contributed by atoms with Gasteiger partial charge in [-0.2, -0.15) is 18.4 Å². The van der Waals surface area contributed by atoms with E-state index in [9.17, 15) is 22.8 Å². The summed E-state index contributed by atoms with van der Waals surface area (Å²) in [6, 6.07) is 6.91. The molecule has 31 heavy (non-hydrogen) atoms. The topological polar surface area (TPSA) is 57.7 Å². The SMILES string of the molecule is Cc1cc(C(F)(F)F)c(C#N)c(N2CCCC2c2nccn2-c2ccc(F)c(C)c2)n1. The van der Waals surface area contributed by atoms with Gasteiger partial charge < -0.3 is 9.47 Å². The first kappa shape index (κ1) is 20.8. The Bertz CT molecular complexity index is 1180.